The van der Waals surface area contributed by atoms with Crippen LogP contribution in [0.15, 0.2) is 30.5 Å². The van der Waals surface area contributed by atoms with Gasteiger partial charge < -0.3 is 5.11 Å². The smallest absolute Gasteiger partial charge is 0.335 e. The highest BCUT2D eigenvalue weighted by atomic mass is 16.4. The van der Waals surface area contributed by atoms with E-state index in [1.807, 2.05) is 0 Å². The summed E-state index contributed by atoms with van der Waals surface area (Å²) in [5.74, 6) is -0.979. The van der Waals surface area contributed by atoms with Crippen LogP contribution in [0.1, 0.15) is 10.4 Å². The number of benzene rings is 1. The zero-order valence-corrected chi connectivity index (χ0v) is 9.03. The van der Waals surface area contributed by atoms with Crippen LogP contribution in [0, 0.1) is 0 Å². The van der Waals surface area contributed by atoms with E-state index in [2.05, 4.69) is 25.4 Å². The number of carboxylic acid groups (broad SMARTS) is 1. The first-order valence-corrected chi connectivity index (χ1v) is 5.11. The number of carbonyl (C=O) groups is 1. The lowest BCUT2D eigenvalue weighted by Crippen LogP contribution is -1.96. The molecule has 18 heavy (non-hydrogen) atoms. The molecule has 3 aromatic rings. The molecule has 0 aliphatic rings. The zero-order valence-electron chi connectivity index (χ0n) is 9.03. The number of aromatic amines is 1. The number of aromatic nitrogens is 5. The van der Waals surface area contributed by atoms with Crippen LogP contribution in [-0.4, -0.2) is 36.5 Å². The van der Waals surface area contributed by atoms with Crippen LogP contribution < -0.4 is 0 Å². The van der Waals surface area contributed by atoms with E-state index in [0.29, 0.717) is 22.6 Å². The molecule has 2 N–H and O–H groups in total. The number of H-pyrrole nitrogens is 1. The molecule has 0 aliphatic carbocycles. The monoisotopic (exact) mass is 241 g/mol. The van der Waals surface area contributed by atoms with Crippen molar-refractivity contribution in [2.45, 2.75) is 0 Å². The Kier molecular flexibility index (Phi) is 2.23. The Hall–Kier alpha value is -2.83. The molecule has 3 rings (SSSR count). The van der Waals surface area contributed by atoms with Crippen LogP contribution in [0.3, 0.4) is 0 Å². The molecule has 0 saturated heterocycles. The lowest BCUT2D eigenvalue weighted by Gasteiger charge is -2.01. The Labute approximate surface area is 101 Å². The van der Waals surface area contributed by atoms with Gasteiger partial charge in [-0.25, -0.2) is 14.8 Å². The van der Waals surface area contributed by atoms with E-state index in [4.69, 9.17) is 5.11 Å². The molecule has 2 heterocycles. The van der Waals surface area contributed by atoms with Gasteiger partial charge in [-0.2, -0.15) is 5.21 Å². The van der Waals surface area contributed by atoms with Crippen LogP contribution in [0.5, 0.6) is 0 Å². The fourth-order valence-corrected chi connectivity index (χ4v) is 1.60. The number of rotatable bonds is 2. The third kappa shape index (κ3) is 1.67. The van der Waals surface area contributed by atoms with Crippen molar-refractivity contribution in [3.63, 3.8) is 0 Å². The molecule has 0 fully saturated rings. The number of hydrogen-bond donors (Lipinski definition) is 2. The fourth-order valence-electron chi connectivity index (χ4n) is 1.60. The van der Waals surface area contributed by atoms with Gasteiger partial charge in [0.2, 0.25) is 11.3 Å². The van der Waals surface area contributed by atoms with Crippen molar-refractivity contribution in [1.29, 1.82) is 0 Å². The Morgan fingerprint density at radius 1 is 1.22 bits per heavy atom. The maximum Gasteiger partial charge on any atom is 0.335 e. The summed E-state index contributed by atoms with van der Waals surface area (Å²) in [5.41, 5.74) is 2.25. The first-order chi connectivity index (χ1) is 8.74. The van der Waals surface area contributed by atoms with Gasteiger partial charge in [-0.3, -0.25) is 0 Å². The predicted molar refractivity (Wildman–Crippen MR) is 61.9 cm³/mol. The third-order valence-corrected chi connectivity index (χ3v) is 2.45. The Bertz CT molecular complexity index is 737. The van der Waals surface area contributed by atoms with Gasteiger partial charge in [-0.15, -0.1) is 10.2 Å². The molecule has 0 bridgehead atoms. The minimum absolute atomic E-state index is 0.203. The van der Waals surface area contributed by atoms with Crippen molar-refractivity contribution in [1.82, 2.24) is 25.4 Å². The minimum atomic E-state index is -0.979. The summed E-state index contributed by atoms with van der Waals surface area (Å²) in [4.78, 5) is 19.2. The molecule has 88 valence electrons. The number of fused-ring (bicyclic) bond motifs is 1. The van der Waals surface area contributed by atoms with Gasteiger partial charge in [0.1, 0.15) is 0 Å². The summed E-state index contributed by atoms with van der Waals surface area (Å²) in [6.45, 7) is 0. The van der Waals surface area contributed by atoms with E-state index < -0.39 is 5.97 Å². The Morgan fingerprint density at radius 2 is 2.06 bits per heavy atom. The van der Waals surface area contributed by atoms with Crippen molar-refractivity contribution in [2.75, 3.05) is 0 Å². The second-order valence-electron chi connectivity index (χ2n) is 3.61. The lowest BCUT2D eigenvalue weighted by molar-refractivity contribution is 0.0697. The number of hydrogen-bond acceptors (Lipinski definition) is 5. The number of nitrogens with zero attached hydrogens (tertiary/aromatic N) is 4. The van der Waals surface area contributed by atoms with Gasteiger partial charge in [0.25, 0.3) is 0 Å². The van der Waals surface area contributed by atoms with Gasteiger partial charge in [0, 0.05) is 5.56 Å². The molecule has 0 amide bonds. The molecule has 1 aromatic carbocycles. The SMILES string of the molecule is O=C(O)c1cccc(-c2cnc3n[nH]nc3n2)c1. The van der Waals surface area contributed by atoms with E-state index in [9.17, 15) is 4.79 Å². The average Bonchev–Trinajstić information content (AvgIpc) is 2.86. The molecule has 0 spiro atoms. The zero-order chi connectivity index (χ0) is 12.5. The first kappa shape index (κ1) is 10.3. The van der Waals surface area contributed by atoms with Crippen LogP contribution in [-0.2, 0) is 0 Å². The summed E-state index contributed by atoms with van der Waals surface area (Å²) < 4.78 is 0. The van der Waals surface area contributed by atoms with Crippen LogP contribution in [0.2, 0.25) is 0 Å². The van der Waals surface area contributed by atoms with E-state index >= 15 is 0 Å². The molecule has 0 atom stereocenters. The number of nitrogens with one attached hydrogen (secondary N) is 1. The molecular weight excluding hydrogens is 234 g/mol. The van der Waals surface area contributed by atoms with E-state index in [-0.39, 0.29) is 5.56 Å². The number of aromatic carboxylic acids is 1. The largest absolute Gasteiger partial charge is 0.478 e. The maximum absolute atomic E-state index is 10.9. The summed E-state index contributed by atoms with van der Waals surface area (Å²) >= 11 is 0. The summed E-state index contributed by atoms with van der Waals surface area (Å²) in [5, 5.41) is 19.0. The van der Waals surface area contributed by atoms with Gasteiger partial charge >= 0.3 is 5.97 Å². The van der Waals surface area contributed by atoms with Gasteiger partial charge in [-0.1, -0.05) is 12.1 Å². The topological polar surface area (TPSA) is 105 Å². The van der Waals surface area contributed by atoms with Crippen molar-refractivity contribution in [2.24, 2.45) is 0 Å². The predicted octanol–water partition coefficient (Wildman–Crippen LogP) is 1.11. The molecule has 0 saturated carbocycles. The van der Waals surface area contributed by atoms with Gasteiger partial charge in [0.15, 0.2) is 0 Å². The lowest BCUT2D eigenvalue weighted by atomic mass is 10.1. The standard InChI is InChI=1S/C11H7N5O2/c17-11(18)7-3-1-2-6(4-7)8-5-12-9-10(13-8)15-16-14-9/h1-5H,(H,17,18)(H,12,13,14,15,16). The van der Waals surface area contributed by atoms with E-state index in [1.165, 1.54) is 18.3 Å². The van der Waals surface area contributed by atoms with Crippen molar-refractivity contribution in [3.05, 3.63) is 36.0 Å². The average molecular weight is 241 g/mol. The summed E-state index contributed by atoms with van der Waals surface area (Å²) in [6.07, 6.45) is 1.53. The first-order valence-electron chi connectivity index (χ1n) is 5.11. The Morgan fingerprint density at radius 3 is 2.89 bits per heavy atom. The fraction of sp³-hybridized carbons (Fsp3) is 0. The second kappa shape index (κ2) is 3.88. The minimum Gasteiger partial charge on any atom is -0.478 e. The highest BCUT2D eigenvalue weighted by molar-refractivity contribution is 5.89. The van der Waals surface area contributed by atoms with Gasteiger partial charge in [0.05, 0.1) is 17.5 Å². The Balaban J connectivity index is 2.13. The van der Waals surface area contributed by atoms with E-state index in [0.717, 1.165) is 0 Å². The molecule has 7 nitrogen and oxygen atoms in total. The van der Waals surface area contributed by atoms with Crippen molar-refractivity contribution in [3.8, 4) is 11.3 Å². The van der Waals surface area contributed by atoms with Crippen molar-refractivity contribution < 1.29 is 9.90 Å². The number of carboxylic acids is 1. The molecule has 0 unspecified atom stereocenters. The third-order valence-electron chi connectivity index (χ3n) is 2.45. The molecule has 0 aliphatic heterocycles. The molecule has 0 radical (unpaired) electrons. The van der Waals surface area contributed by atoms with Crippen LogP contribution >= 0.6 is 0 Å². The van der Waals surface area contributed by atoms with Crippen molar-refractivity contribution >= 4 is 17.3 Å². The van der Waals surface area contributed by atoms with Gasteiger partial charge in [-0.05, 0) is 12.1 Å². The van der Waals surface area contributed by atoms with Crippen LogP contribution in [0.4, 0.5) is 0 Å². The molecular formula is C11H7N5O2. The molecule has 2 aromatic heterocycles. The second-order valence-corrected chi connectivity index (χ2v) is 3.61. The summed E-state index contributed by atoms with van der Waals surface area (Å²) in [6, 6.07) is 6.49. The quantitative estimate of drug-likeness (QED) is 0.696. The molecule has 7 heteroatoms. The highest BCUT2D eigenvalue weighted by Crippen LogP contribution is 2.18. The highest BCUT2D eigenvalue weighted by Gasteiger charge is 2.08. The van der Waals surface area contributed by atoms with Crippen LogP contribution in [0.25, 0.3) is 22.6 Å². The normalized spacial score (nSPS) is 10.7. The maximum atomic E-state index is 10.9. The van der Waals surface area contributed by atoms with E-state index in [1.54, 1.807) is 12.1 Å². The summed E-state index contributed by atoms with van der Waals surface area (Å²) in [7, 11) is 0.